The van der Waals surface area contributed by atoms with Crippen molar-refractivity contribution in [2.75, 3.05) is 36.5 Å². The molecule has 2 aromatic carbocycles. The quantitative estimate of drug-likeness (QED) is 0.335. The van der Waals surface area contributed by atoms with E-state index in [0.29, 0.717) is 43.5 Å². The zero-order chi connectivity index (χ0) is 22.8. The fourth-order valence-corrected chi connectivity index (χ4v) is 3.62. The number of H-pyrrole nitrogens is 1. The minimum Gasteiger partial charge on any atom is -0.508 e. The topological polar surface area (TPSA) is 146 Å². The summed E-state index contributed by atoms with van der Waals surface area (Å²) >= 11 is 0. The average molecular weight is 448 g/mol. The Labute approximate surface area is 187 Å². The number of rotatable bonds is 5. The van der Waals surface area contributed by atoms with Gasteiger partial charge in [0.2, 0.25) is 11.7 Å². The van der Waals surface area contributed by atoms with Crippen LogP contribution in [0.2, 0.25) is 0 Å². The second kappa shape index (κ2) is 8.63. The molecule has 2 aromatic heterocycles. The maximum atomic E-state index is 11.6. The predicted octanol–water partition coefficient (Wildman–Crippen LogP) is 3.36. The zero-order valence-corrected chi connectivity index (χ0v) is 17.4. The highest BCUT2D eigenvalue weighted by atomic mass is 16.7. The van der Waals surface area contributed by atoms with Crippen LogP contribution < -0.4 is 15.0 Å². The van der Waals surface area contributed by atoms with E-state index < -0.39 is 6.16 Å². The van der Waals surface area contributed by atoms with Crippen LogP contribution in [0.25, 0.3) is 22.2 Å². The van der Waals surface area contributed by atoms with E-state index in [1.54, 1.807) is 18.3 Å². The molecule has 0 atom stereocenters. The van der Waals surface area contributed by atoms with Crippen molar-refractivity contribution in [3.8, 4) is 22.8 Å². The molecule has 1 aliphatic heterocycles. The third-order valence-electron chi connectivity index (χ3n) is 5.16. The number of morpholine rings is 1. The number of fused-ring (bicyclic) bond motifs is 1. The maximum absolute atomic E-state index is 11.6. The molecule has 0 unspecified atom stereocenters. The van der Waals surface area contributed by atoms with Gasteiger partial charge in [-0.2, -0.15) is 10.1 Å². The fraction of sp³-hybridized carbons (Fsp3) is 0.182. The first-order valence-corrected chi connectivity index (χ1v) is 10.2. The van der Waals surface area contributed by atoms with Gasteiger partial charge in [0.25, 0.3) is 0 Å². The first-order valence-electron chi connectivity index (χ1n) is 10.2. The third-order valence-corrected chi connectivity index (χ3v) is 5.16. The number of aromatic hydroxyl groups is 1. The molecular weight excluding hydrogens is 428 g/mol. The molecule has 4 aromatic rings. The lowest BCUT2D eigenvalue weighted by molar-refractivity contribution is 0.122. The minimum atomic E-state index is -1.51. The van der Waals surface area contributed by atoms with Gasteiger partial charge in [0.15, 0.2) is 5.82 Å². The number of carbonyl (C=O) groups is 1. The summed E-state index contributed by atoms with van der Waals surface area (Å²) in [7, 11) is 0. The van der Waals surface area contributed by atoms with Crippen molar-refractivity contribution >= 4 is 34.5 Å². The molecule has 168 valence electrons. The Morgan fingerprint density at radius 2 is 2.00 bits per heavy atom. The Balaban J connectivity index is 1.66. The van der Waals surface area contributed by atoms with Gasteiger partial charge >= 0.3 is 6.16 Å². The molecule has 0 radical (unpaired) electrons. The van der Waals surface area contributed by atoms with Crippen LogP contribution in [0.15, 0.2) is 48.7 Å². The standard InChI is InChI=1S/C22H20N6O5/c29-16-3-1-2-13(11-16)18-19(33-22(30)31)20(26-21(25-18)28-6-8-32-9-7-28)24-15-4-5-17-14(10-15)12-23-27-17/h1-5,10-12,29H,6-9H2,(H,23,27)(H,30,31)(H,24,25,26). The SMILES string of the molecule is O=C(O)Oc1c(Nc2ccc3[nH]ncc3c2)nc(N2CCOCC2)nc1-c1cccc(O)c1. The van der Waals surface area contributed by atoms with Crippen molar-refractivity contribution in [2.45, 2.75) is 0 Å². The molecule has 5 rings (SSSR count). The maximum Gasteiger partial charge on any atom is 0.511 e. The highest BCUT2D eigenvalue weighted by Gasteiger charge is 2.24. The monoisotopic (exact) mass is 448 g/mol. The second-order valence-corrected chi connectivity index (χ2v) is 7.36. The van der Waals surface area contributed by atoms with Crippen LogP contribution in [0, 0.1) is 0 Å². The lowest BCUT2D eigenvalue weighted by atomic mass is 10.1. The zero-order valence-electron chi connectivity index (χ0n) is 17.4. The van der Waals surface area contributed by atoms with Crippen molar-refractivity contribution in [1.29, 1.82) is 0 Å². The highest BCUT2D eigenvalue weighted by molar-refractivity contribution is 5.85. The van der Waals surface area contributed by atoms with E-state index in [4.69, 9.17) is 9.47 Å². The Hall–Kier alpha value is -4.38. The van der Waals surface area contributed by atoms with E-state index in [0.717, 1.165) is 10.9 Å². The summed E-state index contributed by atoms with van der Waals surface area (Å²) < 4.78 is 10.6. The normalized spacial score (nSPS) is 13.8. The Morgan fingerprint density at radius 1 is 1.15 bits per heavy atom. The summed E-state index contributed by atoms with van der Waals surface area (Å²) in [6, 6.07) is 11.9. The number of aromatic amines is 1. The number of ether oxygens (including phenoxy) is 2. The highest BCUT2D eigenvalue weighted by Crippen LogP contribution is 2.38. The minimum absolute atomic E-state index is 0.0141. The summed E-state index contributed by atoms with van der Waals surface area (Å²) in [4.78, 5) is 22.7. The number of phenols is 1. The van der Waals surface area contributed by atoms with Gasteiger partial charge < -0.3 is 29.9 Å². The van der Waals surface area contributed by atoms with Crippen molar-refractivity contribution < 1.29 is 24.5 Å². The van der Waals surface area contributed by atoms with Crippen LogP contribution in [0.1, 0.15) is 0 Å². The van der Waals surface area contributed by atoms with Gasteiger partial charge in [-0.05, 0) is 30.3 Å². The van der Waals surface area contributed by atoms with Crippen LogP contribution in [0.3, 0.4) is 0 Å². The summed E-state index contributed by atoms with van der Waals surface area (Å²) in [5.74, 6) is 0.508. The van der Waals surface area contributed by atoms with Crippen LogP contribution in [-0.2, 0) is 4.74 Å². The van der Waals surface area contributed by atoms with Gasteiger partial charge in [0.1, 0.15) is 11.4 Å². The van der Waals surface area contributed by atoms with Gasteiger partial charge in [-0.15, -0.1) is 0 Å². The molecule has 0 bridgehead atoms. The van der Waals surface area contributed by atoms with E-state index in [1.165, 1.54) is 12.1 Å². The summed E-state index contributed by atoms with van der Waals surface area (Å²) in [5.41, 5.74) is 2.24. The molecule has 1 saturated heterocycles. The molecule has 0 saturated carbocycles. The number of hydrogen-bond acceptors (Lipinski definition) is 9. The Kier molecular flexibility index (Phi) is 5.37. The number of benzene rings is 2. The number of hydrogen-bond donors (Lipinski definition) is 4. The van der Waals surface area contributed by atoms with E-state index in [-0.39, 0.29) is 23.0 Å². The summed E-state index contributed by atoms with van der Waals surface area (Å²) in [6.07, 6.45) is 0.180. The molecule has 1 fully saturated rings. The lowest BCUT2D eigenvalue weighted by Gasteiger charge is -2.28. The molecule has 0 aliphatic carbocycles. The van der Waals surface area contributed by atoms with Crippen molar-refractivity contribution in [3.63, 3.8) is 0 Å². The number of nitrogens with zero attached hydrogens (tertiary/aromatic N) is 4. The molecular formula is C22H20N6O5. The third kappa shape index (κ3) is 4.34. The number of aromatic nitrogens is 4. The predicted molar refractivity (Wildman–Crippen MR) is 120 cm³/mol. The summed E-state index contributed by atoms with van der Waals surface area (Å²) in [5, 5.41) is 30.4. The van der Waals surface area contributed by atoms with Gasteiger partial charge in [-0.25, -0.2) is 9.78 Å². The Bertz CT molecular complexity index is 1320. The van der Waals surface area contributed by atoms with Crippen LogP contribution in [0.5, 0.6) is 11.5 Å². The van der Waals surface area contributed by atoms with E-state index >= 15 is 0 Å². The van der Waals surface area contributed by atoms with Gasteiger partial charge in [0, 0.05) is 29.7 Å². The lowest BCUT2D eigenvalue weighted by Crippen LogP contribution is -2.37. The molecule has 33 heavy (non-hydrogen) atoms. The average Bonchev–Trinajstić information content (AvgIpc) is 3.28. The first-order chi connectivity index (χ1) is 16.1. The van der Waals surface area contributed by atoms with Crippen molar-refractivity contribution in [1.82, 2.24) is 20.2 Å². The smallest absolute Gasteiger partial charge is 0.508 e. The van der Waals surface area contributed by atoms with E-state index in [9.17, 15) is 15.0 Å². The first kappa shape index (κ1) is 20.5. The van der Waals surface area contributed by atoms with Crippen molar-refractivity contribution in [2.24, 2.45) is 0 Å². The molecule has 1 aliphatic rings. The van der Waals surface area contributed by atoms with Gasteiger partial charge in [0.05, 0.1) is 24.9 Å². The van der Waals surface area contributed by atoms with Crippen molar-refractivity contribution in [3.05, 3.63) is 48.7 Å². The largest absolute Gasteiger partial charge is 0.511 e. The summed E-state index contributed by atoms with van der Waals surface area (Å²) in [6.45, 7) is 2.22. The molecule has 3 heterocycles. The fourth-order valence-electron chi connectivity index (χ4n) is 3.62. The number of nitrogens with one attached hydrogen (secondary N) is 2. The number of phenolic OH excluding ortho intramolecular Hbond substituents is 1. The molecule has 4 N–H and O–H groups in total. The van der Waals surface area contributed by atoms with Crippen LogP contribution >= 0.6 is 0 Å². The molecule has 11 nitrogen and oxygen atoms in total. The van der Waals surface area contributed by atoms with E-state index in [1.807, 2.05) is 23.1 Å². The molecule has 0 spiro atoms. The molecule has 11 heteroatoms. The van der Waals surface area contributed by atoms with Crippen LogP contribution in [-0.4, -0.2) is 62.8 Å². The second-order valence-electron chi connectivity index (χ2n) is 7.36. The van der Waals surface area contributed by atoms with Gasteiger partial charge in [-0.1, -0.05) is 12.1 Å². The molecule has 0 amide bonds. The number of anilines is 3. The number of carboxylic acid groups (broad SMARTS) is 1. The van der Waals surface area contributed by atoms with Crippen LogP contribution in [0.4, 0.5) is 22.2 Å². The van der Waals surface area contributed by atoms with Gasteiger partial charge in [-0.3, -0.25) is 5.10 Å². The Morgan fingerprint density at radius 3 is 2.79 bits per heavy atom. The van der Waals surface area contributed by atoms with E-state index in [2.05, 4.69) is 25.5 Å².